The Bertz CT molecular complexity index is 842. The number of fused-ring (bicyclic) bond motifs is 1. The van der Waals surface area contributed by atoms with E-state index >= 15 is 0 Å². The fourth-order valence-corrected chi connectivity index (χ4v) is 3.35. The van der Waals surface area contributed by atoms with Crippen LogP contribution in [0.15, 0.2) is 36.7 Å². The highest BCUT2D eigenvalue weighted by molar-refractivity contribution is 6.08. The van der Waals surface area contributed by atoms with Crippen LogP contribution in [-0.4, -0.2) is 19.9 Å². The first-order valence-corrected chi connectivity index (χ1v) is 8.14. The lowest BCUT2D eigenvalue weighted by molar-refractivity contribution is 0.101. The Morgan fingerprint density at radius 1 is 1.22 bits per heavy atom. The summed E-state index contributed by atoms with van der Waals surface area (Å²) in [6, 6.07) is 8.16. The molecule has 0 N–H and O–H groups in total. The summed E-state index contributed by atoms with van der Waals surface area (Å²) in [5, 5.41) is 1.07. The highest BCUT2D eigenvalue weighted by atomic mass is 16.1. The van der Waals surface area contributed by atoms with Crippen LogP contribution in [0.2, 0.25) is 0 Å². The zero-order valence-electron chi connectivity index (χ0n) is 14.0. The average Bonchev–Trinajstić information content (AvgIpc) is 3.06. The molecule has 4 heteroatoms. The number of carbonyl (C=O) groups is 1. The van der Waals surface area contributed by atoms with Gasteiger partial charge in [-0.3, -0.25) is 4.79 Å². The smallest absolute Gasteiger partial charge is 0.162 e. The average molecular weight is 309 g/mol. The second-order valence-electron chi connectivity index (χ2n) is 6.08. The van der Waals surface area contributed by atoms with Crippen molar-refractivity contribution in [3.05, 3.63) is 53.7 Å². The molecule has 0 unspecified atom stereocenters. The lowest BCUT2D eigenvalue weighted by atomic mass is 10.0. The number of rotatable bonds is 6. The minimum Gasteiger partial charge on any atom is -0.347 e. The van der Waals surface area contributed by atoms with Crippen LogP contribution in [-0.2, 0) is 20.0 Å². The molecule has 0 amide bonds. The summed E-state index contributed by atoms with van der Waals surface area (Å²) in [5.74, 6) is 1.21. The predicted molar refractivity (Wildman–Crippen MR) is 92.8 cm³/mol. The number of hydrogen-bond donors (Lipinski definition) is 0. The normalized spacial score (nSPS) is 11.3. The predicted octanol–water partition coefficient (Wildman–Crippen LogP) is 3.91. The molecule has 0 aliphatic heterocycles. The van der Waals surface area contributed by atoms with Gasteiger partial charge >= 0.3 is 0 Å². The second kappa shape index (κ2) is 6.41. The number of nitrogens with zero attached hydrogens (tertiary/aromatic N) is 3. The molecule has 0 atom stereocenters. The zero-order chi connectivity index (χ0) is 16.4. The molecule has 0 spiro atoms. The lowest BCUT2D eigenvalue weighted by Crippen LogP contribution is -2.04. The van der Waals surface area contributed by atoms with Crippen molar-refractivity contribution in [3.63, 3.8) is 0 Å². The van der Waals surface area contributed by atoms with Crippen molar-refractivity contribution in [1.82, 2.24) is 14.1 Å². The zero-order valence-corrected chi connectivity index (χ0v) is 14.0. The summed E-state index contributed by atoms with van der Waals surface area (Å²) in [6.45, 7) is 4.67. The molecular weight excluding hydrogens is 286 g/mol. The van der Waals surface area contributed by atoms with Gasteiger partial charge in [0.2, 0.25) is 0 Å². The van der Waals surface area contributed by atoms with E-state index in [-0.39, 0.29) is 5.78 Å². The van der Waals surface area contributed by atoms with Crippen LogP contribution in [0.25, 0.3) is 10.9 Å². The van der Waals surface area contributed by atoms with Crippen LogP contribution in [0.3, 0.4) is 0 Å². The van der Waals surface area contributed by atoms with E-state index in [1.165, 1.54) is 0 Å². The molecule has 23 heavy (non-hydrogen) atoms. The summed E-state index contributed by atoms with van der Waals surface area (Å²) >= 11 is 0. The van der Waals surface area contributed by atoms with Crippen LogP contribution in [0.4, 0.5) is 0 Å². The maximum absolute atomic E-state index is 12.1. The van der Waals surface area contributed by atoms with Gasteiger partial charge in [-0.15, -0.1) is 0 Å². The molecule has 0 aliphatic carbocycles. The van der Waals surface area contributed by atoms with Crippen molar-refractivity contribution in [2.75, 3.05) is 0 Å². The molecule has 2 heterocycles. The van der Waals surface area contributed by atoms with Gasteiger partial charge < -0.3 is 9.13 Å². The number of benzene rings is 1. The van der Waals surface area contributed by atoms with Crippen LogP contribution in [0, 0.1) is 6.92 Å². The van der Waals surface area contributed by atoms with E-state index in [1.807, 2.05) is 37.5 Å². The number of carbonyl (C=O) groups excluding carboxylic acids is 1. The van der Waals surface area contributed by atoms with E-state index < -0.39 is 0 Å². The maximum atomic E-state index is 12.1. The van der Waals surface area contributed by atoms with Gasteiger partial charge in [-0.05, 0) is 39.2 Å². The SMILES string of the molecule is CC(=O)c1c(CCCCn2ccnc2C)n(C)c2ccccc12. The lowest BCUT2D eigenvalue weighted by Gasteiger charge is -2.08. The summed E-state index contributed by atoms with van der Waals surface area (Å²) in [7, 11) is 2.06. The Morgan fingerprint density at radius 2 is 2.00 bits per heavy atom. The number of aromatic nitrogens is 3. The van der Waals surface area contributed by atoms with Gasteiger partial charge in [0.05, 0.1) is 0 Å². The third-order valence-electron chi connectivity index (χ3n) is 4.57. The molecule has 1 aromatic carbocycles. The molecule has 0 bridgehead atoms. The second-order valence-corrected chi connectivity index (χ2v) is 6.08. The van der Waals surface area contributed by atoms with E-state index in [1.54, 1.807) is 6.92 Å². The molecule has 0 saturated heterocycles. The number of hydrogen-bond acceptors (Lipinski definition) is 2. The highest BCUT2D eigenvalue weighted by Crippen LogP contribution is 2.27. The molecule has 120 valence electrons. The van der Waals surface area contributed by atoms with E-state index in [9.17, 15) is 4.79 Å². The maximum Gasteiger partial charge on any atom is 0.162 e. The molecule has 0 aliphatic rings. The summed E-state index contributed by atoms with van der Waals surface area (Å²) in [4.78, 5) is 16.4. The van der Waals surface area contributed by atoms with Crippen molar-refractivity contribution in [2.24, 2.45) is 7.05 Å². The fourth-order valence-electron chi connectivity index (χ4n) is 3.35. The standard InChI is InChI=1S/C19H23N3O/c1-14(23)19-16-8-4-5-9-17(16)21(3)18(19)10-6-7-12-22-13-11-20-15(22)2/h4-5,8-9,11,13H,6-7,10,12H2,1-3H3. The van der Waals surface area contributed by atoms with Gasteiger partial charge in [-0.2, -0.15) is 0 Å². The van der Waals surface area contributed by atoms with Gasteiger partial charge in [0.15, 0.2) is 5.78 Å². The summed E-state index contributed by atoms with van der Waals surface area (Å²) < 4.78 is 4.35. The van der Waals surface area contributed by atoms with Gasteiger partial charge in [0.1, 0.15) is 5.82 Å². The number of aryl methyl sites for hydroxylation is 3. The molecule has 3 aromatic rings. The summed E-state index contributed by atoms with van der Waals surface area (Å²) in [5.41, 5.74) is 3.18. The van der Waals surface area contributed by atoms with Gasteiger partial charge in [-0.1, -0.05) is 18.2 Å². The van der Waals surface area contributed by atoms with E-state index in [4.69, 9.17) is 0 Å². The molecule has 0 fully saturated rings. The Labute approximate surface area is 136 Å². The third-order valence-corrected chi connectivity index (χ3v) is 4.57. The molecule has 0 saturated carbocycles. The molecule has 2 aromatic heterocycles. The van der Waals surface area contributed by atoms with Gasteiger partial charge in [-0.25, -0.2) is 4.98 Å². The van der Waals surface area contributed by atoms with E-state index in [2.05, 4.69) is 27.2 Å². The number of ketones is 1. The fraction of sp³-hybridized carbons (Fsp3) is 0.368. The topological polar surface area (TPSA) is 39.8 Å². The largest absolute Gasteiger partial charge is 0.347 e. The minimum absolute atomic E-state index is 0.155. The minimum atomic E-state index is 0.155. The Balaban J connectivity index is 1.77. The first-order valence-electron chi connectivity index (χ1n) is 8.14. The first kappa shape index (κ1) is 15.5. The molecular formula is C19H23N3O. The van der Waals surface area contributed by atoms with Crippen molar-refractivity contribution >= 4 is 16.7 Å². The molecule has 3 rings (SSSR count). The Kier molecular flexibility index (Phi) is 4.33. The Hall–Kier alpha value is -2.36. The van der Waals surface area contributed by atoms with Gasteiger partial charge in [0, 0.05) is 48.1 Å². The number of imidazole rings is 1. The van der Waals surface area contributed by atoms with Crippen LogP contribution in [0.5, 0.6) is 0 Å². The first-order chi connectivity index (χ1) is 11.1. The monoisotopic (exact) mass is 309 g/mol. The summed E-state index contributed by atoms with van der Waals surface area (Å²) in [6.07, 6.45) is 6.92. The highest BCUT2D eigenvalue weighted by Gasteiger charge is 2.17. The molecule has 4 nitrogen and oxygen atoms in total. The van der Waals surface area contributed by atoms with E-state index in [0.29, 0.717) is 0 Å². The Morgan fingerprint density at radius 3 is 2.70 bits per heavy atom. The quantitative estimate of drug-likeness (QED) is 0.511. The van der Waals surface area contributed by atoms with Crippen molar-refractivity contribution in [2.45, 2.75) is 39.7 Å². The van der Waals surface area contributed by atoms with Crippen LogP contribution < -0.4 is 0 Å². The van der Waals surface area contributed by atoms with Crippen molar-refractivity contribution in [1.29, 1.82) is 0 Å². The van der Waals surface area contributed by atoms with Crippen LogP contribution >= 0.6 is 0 Å². The number of unbranched alkanes of at least 4 members (excludes halogenated alkanes) is 1. The van der Waals surface area contributed by atoms with Gasteiger partial charge in [0.25, 0.3) is 0 Å². The van der Waals surface area contributed by atoms with Crippen molar-refractivity contribution < 1.29 is 4.79 Å². The van der Waals surface area contributed by atoms with Crippen molar-refractivity contribution in [3.8, 4) is 0 Å². The molecule has 0 radical (unpaired) electrons. The third kappa shape index (κ3) is 2.93. The van der Waals surface area contributed by atoms with E-state index in [0.717, 1.165) is 53.8 Å². The van der Waals surface area contributed by atoms with Crippen LogP contribution in [0.1, 0.15) is 41.6 Å². The number of Topliss-reactive ketones (excluding diaryl/α,β-unsaturated/α-hetero) is 1. The number of para-hydroxylation sites is 1.